The van der Waals surface area contributed by atoms with Gasteiger partial charge in [-0.2, -0.15) is 0 Å². The van der Waals surface area contributed by atoms with Gasteiger partial charge in [-0.1, -0.05) is 215 Å². The molecule has 5 heteroatoms. The Labute approximate surface area is 397 Å². The molecule has 0 bridgehead atoms. The molecule has 1 unspecified atom stereocenters. The molecule has 368 valence electrons. The smallest absolute Gasteiger partial charge is 0.306 e. The maximum Gasteiger partial charge on any atom is 0.306 e. The minimum absolute atomic E-state index is 0.0679. The standard InChI is InChI=1S/C59H102O5/c1-4-7-10-13-16-19-22-25-27-28-29-30-31-33-36-39-42-45-48-51-54-62-55-57(64-59(61)53-50-47-44-41-38-34-24-21-18-15-12-9-6-3)56-63-58(60)52-49-46-43-40-37-35-32-26-23-20-17-14-11-8-5-2/h7,10,12,15-16,19,21,24-27,29-30,32,57H,4-6,8-9,11,13-14,17-18,20,22-23,28,31,33-56H2,1-3H3/b10-7-,15-12-,19-16-,24-21-,27-25-,30-29-,32-26-. The largest absolute Gasteiger partial charge is 0.462 e. The summed E-state index contributed by atoms with van der Waals surface area (Å²) in [7, 11) is 0. The molecule has 0 aliphatic rings. The van der Waals surface area contributed by atoms with Gasteiger partial charge in [-0.15, -0.1) is 0 Å². The molecule has 0 saturated heterocycles. The summed E-state index contributed by atoms with van der Waals surface area (Å²) in [5.41, 5.74) is 0. The summed E-state index contributed by atoms with van der Waals surface area (Å²) in [5.74, 6) is -0.428. The molecule has 0 fully saturated rings. The Morgan fingerprint density at radius 3 is 1.20 bits per heavy atom. The number of hydrogen-bond donors (Lipinski definition) is 0. The predicted octanol–water partition coefficient (Wildman–Crippen LogP) is 18.5. The van der Waals surface area contributed by atoms with Gasteiger partial charge < -0.3 is 14.2 Å². The number of ether oxygens (including phenoxy) is 3. The molecule has 1 atom stereocenters. The number of carbonyl (C=O) groups excluding carboxylic acids is 2. The highest BCUT2D eigenvalue weighted by atomic mass is 16.6. The lowest BCUT2D eigenvalue weighted by Gasteiger charge is -2.18. The molecule has 0 N–H and O–H groups in total. The average molecular weight is 891 g/mol. The van der Waals surface area contributed by atoms with E-state index in [1.54, 1.807) is 0 Å². The van der Waals surface area contributed by atoms with Crippen molar-refractivity contribution < 1.29 is 23.8 Å². The van der Waals surface area contributed by atoms with Crippen LogP contribution in [0.15, 0.2) is 85.1 Å². The third-order valence-corrected chi connectivity index (χ3v) is 11.4. The summed E-state index contributed by atoms with van der Waals surface area (Å²) < 4.78 is 17.4. The van der Waals surface area contributed by atoms with Crippen molar-refractivity contribution in [3.8, 4) is 0 Å². The number of unbranched alkanes of at least 4 members (excludes halogenated alkanes) is 24. The van der Waals surface area contributed by atoms with Crippen molar-refractivity contribution in [2.75, 3.05) is 19.8 Å². The second kappa shape index (κ2) is 54.4. The first-order valence-corrected chi connectivity index (χ1v) is 27.1. The van der Waals surface area contributed by atoms with Crippen molar-refractivity contribution in [1.29, 1.82) is 0 Å². The van der Waals surface area contributed by atoms with E-state index < -0.39 is 6.10 Å². The lowest BCUT2D eigenvalue weighted by Crippen LogP contribution is -2.30. The molecule has 0 spiro atoms. The molecule has 5 nitrogen and oxygen atoms in total. The molecular formula is C59H102O5. The molecule has 0 amide bonds. The van der Waals surface area contributed by atoms with Gasteiger partial charge in [-0.05, 0) is 109 Å². The van der Waals surface area contributed by atoms with Crippen LogP contribution in [0.1, 0.15) is 252 Å². The van der Waals surface area contributed by atoms with E-state index in [0.717, 1.165) is 103 Å². The Kier molecular flexibility index (Phi) is 51.9. The summed E-state index contributed by atoms with van der Waals surface area (Å²) in [5, 5.41) is 0. The normalized spacial score (nSPS) is 12.9. The zero-order chi connectivity index (χ0) is 46.3. The van der Waals surface area contributed by atoms with Gasteiger partial charge >= 0.3 is 11.9 Å². The number of carbonyl (C=O) groups is 2. The quantitative estimate of drug-likeness (QED) is 0.0346. The molecule has 0 aromatic rings. The fraction of sp³-hybridized carbons (Fsp3) is 0.729. The minimum Gasteiger partial charge on any atom is -0.462 e. The third kappa shape index (κ3) is 51.7. The van der Waals surface area contributed by atoms with Crippen LogP contribution in [0.3, 0.4) is 0 Å². The van der Waals surface area contributed by atoms with Crippen LogP contribution in [0.2, 0.25) is 0 Å². The van der Waals surface area contributed by atoms with E-state index >= 15 is 0 Å². The number of esters is 2. The summed E-state index contributed by atoms with van der Waals surface area (Å²) in [6.07, 6.45) is 71.6. The van der Waals surface area contributed by atoms with Crippen molar-refractivity contribution in [3.05, 3.63) is 85.1 Å². The molecule has 0 radical (unpaired) electrons. The van der Waals surface area contributed by atoms with E-state index in [1.165, 1.54) is 116 Å². The molecule has 0 aliphatic carbocycles. The first kappa shape index (κ1) is 61.1. The van der Waals surface area contributed by atoms with Crippen LogP contribution >= 0.6 is 0 Å². The van der Waals surface area contributed by atoms with E-state index in [2.05, 4.69) is 106 Å². The third-order valence-electron chi connectivity index (χ3n) is 11.4. The highest BCUT2D eigenvalue weighted by molar-refractivity contribution is 5.70. The maximum atomic E-state index is 12.8. The Bertz CT molecular complexity index is 1190. The predicted molar refractivity (Wildman–Crippen MR) is 279 cm³/mol. The Hall–Kier alpha value is -2.92. The van der Waals surface area contributed by atoms with Crippen LogP contribution < -0.4 is 0 Å². The van der Waals surface area contributed by atoms with Crippen molar-refractivity contribution in [1.82, 2.24) is 0 Å². The molecule has 0 heterocycles. The highest BCUT2D eigenvalue weighted by Gasteiger charge is 2.17. The fourth-order valence-corrected chi connectivity index (χ4v) is 7.36. The minimum atomic E-state index is -0.556. The van der Waals surface area contributed by atoms with Gasteiger partial charge in [0.15, 0.2) is 6.10 Å². The molecule has 0 aromatic heterocycles. The maximum absolute atomic E-state index is 12.8. The average Bonchev–Trinajstić information content (AvgIpc) is 3.30. The summed E-state index contributed by atoms with van der Waals surface area (Å²) in [6, 6.07) is 0. The van der Waals surface area contributed by atoms with Gasteiger partial charge in [0, 0.05) is 19.4 Å². The van der Waals surface area contributed by atoms with Gasteiger partial charge in [0.2, 0.25) is 0 Å². The van der Waals surface area contributed by atoms with Gasteiger partial charge in [0.25, 0.3) is 0 Å². The Morgan fingerprint density at radius 2 is 0.734 bits per heavy atom. The Balaban J connectivity index is 4.30. The molecule has 0 rings (SSSR count). The van der Waals surface area contributed by atoms with Gasteiger partial charge in [0.05, 0.1) is 6.61 Å². The second-order valence-electron chi connectivity index (χ2n) is 17.7. The fourth-order valence-electron chi connectivity index (χ4n) is 7.36. The van der Waals surface area contributed by atoms with Crippen LogP contribution in [0.5, 0.6) is 0 Å². The van der Waals surface area contributed by atoms with E-state index in [-0.39, 0.29) is 25.2 Å². The molecule has 0 saturated carbocycles. The zero-order valence-corrected chi connectivity index (χ0v) is 42.3. The first-order chi connectivity index (χ1) is 31.6. The lowest BCUT2D eigenvalue weighted by molar-refractivity contribution is -0.163. The van der Waals surface area contributed by atoms with Crippen molar-refractivity contribution in [2.45, 2.75) is 258 Å². The molecule has 64 heavy (non-hydrogen) atoms. The number of hydrogen-bond acceptors (Lipinski definition) is 5. The van der Waals surface area contributed by atoms with Crippen LogP contribution in [-0.2, 0) is 23.8 Å². The van der Waals surface area contributed by atoms with E-state index in [0.29, 0.717) is 19.4 Å². The van der Waals surface area contributed by atoms with E-state index in [9.17, 15) is 9.59 Å². The van der Waals surface area contributed by atoms with Crippen molar-refractivity contribution in [3.63, 3.8) is 0 Å². The SMILES string of the molecule is CC/C=C\C/C=C\C/C=C\C/C=C\CCCCCCCCCOCC(COC(=O)CCCCCCC/C=C\CCCCCCCC)OC(=O)CCCCCCC/C=C\C/C=C\CCC. The van der Waals surface area contributed by atoms with Crippen LogP contribution in [0.25, 0.3) is 0 Å². The van der Waals surface area contributed by atoms with Crippen molar-refractivity contribution >= 4 is 11.9 Å². The zero-order valence-electron chi connectivity index (χ0n) is 42.3. The topological polar surface area (TPSA) is 61.8 Å². The second-order valence-corrected chi connectivity index (χ2v) is 17.7. The van der Waals surface area contributed by atoms with Crippen LogP contribution in [0.4, 0.5) is 0 Å². The first-order valence-electron chi connectivity index (χ1n) is 27.1. The van der Waals surface area contributed by atoms with E-state index in [4.69, 9.17) is 14.2 Å². The number of rotatable bonds is 49. The monoisotopic (exact) mass is 891 g/mol. The number of allylic oxidation sites excluding steroid dienone is 14. The summed E-state index contributed by atoms with van der Waals surface area (Å²) >= 11 is 0. The summed E-state index contributed by atoms with van der Waals surface area (Å²) in [6.45, 7) is 7.61. The molecule has 0 aromatic carbocycles. The van der Waals surface area contributed by atoms with Gasteiger partial charge in [-0.25, -0.2) is 0 Å². The van der Waals surface area contributed by atoms with Crippen LogP contribution in [0, 0.1) is 0 Å². The van der Waals surface area contributed by atoms with Gasteiger partial charge in [0.1, 0.15) is 6.61 Å². The van der Waals surface area contributed by atoms with Crippen molar-refractivity contribution in [2.24, 2.45) is 0 Å². The molecule has 0 aliphatic heterocycles. The molecular weight excluding hydrogens is 789 g/mol. The summed E-state index contributed by atoms with van der Waals surface area (Å²) in [4.78, 5) is 25.4. The Morgan fingerprint density at radius 1 is 0.359 bits per heavy atom. The highest BCUT2D eigenvalue weighted by Crippen LogP contribution is 2.14. The lowest BCUT2D eigenvalue weighted by atomic mass is 10.1. The van der Waals surface area contributed by atoms with Gasteiger partial charge in [-0.3, -0.25) is 9.59 Å². The van der Waals surface area contributed by atoms with E-state index in [1.807, 2.05) is 0 Å². The van der Waals surface area contributed by atoms with Crippen LogP contribution in [-0.4, -0.2) is 37.9 Å².